The summed E-state index contributed by atoms with van der Waals surface area (Å²) in [4.78, 5) is 41.6. The minimum absolute atomic E-state index is 0.0837. The van der Waals surface area contributed by atoms with Gasteiger partial charge in [0.2, 0.25) is 5.78 Å². The molecule has 1 aliphatic carbocycles. The first kappa shape index (κ1) is 16.9. The summed E-state index contributed by atoms with van der Waals surface area (Å²) in [5, 5.41) is 0. The summed E-state index contributed by atoms with van der Waals surface area (Å²) in [7, 11) is 5.25. The minimum Gasteiger partial charge on any atom is -0.492 e. The molecule has 0 unspecified atom stereocenters. The first-order valence-electron chi connectivity index (χ1n) is 7.94. The van der Waals surface area contributed by atoms with Crippen molar-refractivity contribution in [3.8, 4) is 0 Å². The molecular weight excluding hydrogens is 312 g/mol. The third kappa shape index (κ3) is 2.31. The number of rotatable bonds is 2. The maximum Gasteiger partial charge on any atom is 0.303 e. The number of ketones is 2. The fourth-order valence-electron chi connectivity index (χ4n) is 3.99. The van der Waals surface area contributed by atoms with Gasteiger partial charge in [-0.05, 0) is 21.0 Å². The van der Waals surface area contributed by atoms with Crippen molar-refractivity contribution in [1.29, 1.82) is 0 Å². The molecule has 3 rings (SSSR count). The summed E-state index contributed by atoms with van der Waals surface area (Å²) >= 11 is 0. The molecular formula is C17H22N2O5. The fourth-order valence-corrected chi connectivity index (χ4v) is 3.99. The number of ether oxygens (including phenoxy) is 2. The Kier molecular flexibility index (Phi) is 4.09. The number of piperazine rings is 1. The Morgan fingerprint density at radius 3 is 2.38 bits per heavy atom. The number of esters is 1. The Hall–Kier alpha value is -1.99. The van der Waals surface area contributed by atoms with Gasteiger partial charge in [0.05, 0.1) is 24.8 Å². The van der Waals surface area contributed by atoms with Gasteiger partial charge in [0, 0.05) is 31.2 Å². The molecule has 1 fully saturated rings. The molecule has 0 spiro atoms. The topological polar surface area (TPSA) is 76.1 Å². The highest BCUT2D eigenvalue weighted by Gasteiger charge is 2.52. The Morgan fingerprint density at radius 1 is 1.12 bits per heavy atom. The van der Waals surface area contributed by atoms with Gasteiger partial charge in [-0.25, -0.2) is 0 Å². The highest BCUT2D eigenvalue weighted by Crippen LogP contribution is 2.39. The van der Waals surface area contributed by atoms with Crippen LogP contribution in [0.1, 0.15) is 13.8 Å². The highest BCUT2D eigenvalue weighted by molar-refractivity contribution is 6.25. The maximum absolute atomic E-state index is 13.0. The number of hydrogen-bond donors (Lipinski definition) is 0. The highest BCUT2D eigenvalue weighted by atomic mass is 16.5. The number of fused-ring (bicyclic) bond motifs is 3. The summed E-state index contributed by atoms with van der Waals surface area (Å²) < 4.78 is 10.7. The smallest absolute Gasteiger partial charge is 0.303 e. The van der Waals surface area contributed by atoms with Crippen molar-refractivity contribution in [1.82, 2.24) is 9.80 Å². The van der Waals surface area contributed by atoms with Crippen LogP contribution in [-0.4, -0.2) is 79.8 Å². The van der Waals surface area contributed by atoms with E-state index in [0.717, 1.165) is 0 Å². The molecule has 0 aromatic rings. The predicted molar refractivity (Wildman–Crippen MR) is 85.1 cm³/mol. The second-order valence-electron chi connectivity index (χ2n) is 6.64. The van der Waals surface area contributed by atoms with E-state index < -0.39 is 12.1 Å². The second-order valence-corrected chi connectivity index (χ2v) is 6.64. The lowest BCUT2D eigenvalue weighted by molar-refractivity contribution is -0.151. The SMILES string of the molecule is COC1=C(C)C(=O)C2=C(C1=O)[C@@H]1CN(C)C[C@H]([C@H]2OC(C)=O)N1C. The number of methoxy groups -OCH3 is 1. The summed E-state index contributed by atoms with van der Waals surface area (Å²) in [5.41, 5.74) is 1.00. The van der Waals surface area contributed by atoms with Crippen molar-refractivity contribution in [3.63, 3.8) is 0 Å². The molecule has 2 heterocycles. The van der Waals surface area contributed by atoms with E-state index >= 15 is 0 Å². The molecule has 2 bridgehead atoms. The van der Waals surface area contributed by atoms with Gasteiger partial charge in [-0.2, -0.15) is 0 Å². The van der Waals surface area contributed by atoms with Gasteiger partial charge < -0.3 is 14.4 Å². The Labute approximate surface area is 140 Å². The molecule has 24 heavy (non-hydrogen) atoms. The van der Waals surface area contributed by atoms with Gasteiger partial charge in [-0.3, -0.25) is 19.3 Å². The van der Waals surface area contributed by atoms with E-state index in [2.05, 4.69) is 4.90 Å². The molecule has 3 aliphatic rings. The Balaban J connectivity index is 2.19. The van der Waals surface area contributed by atoms with E-state index in [1.165, 1.54) is 14.0 Å². The van der Waals surface area contributed by atoms with Crippen LogP contribution in [0.3, 0.4) is 0 Å². The molecule has 2 aliphatic heterocycles. The average molecular weight is 334 g/mol. The maximum atomic E-state index is 13.0. The summed E-state index contributed by atoms with van der Waals surface area (Å²) in [6.07, 6.45) is -0.744. The molecule has 7 heteroatoms. The third-order valence-electron chi connectivity index (χ3n) is 5.13. The molecule has 1 saturated heterocycles. The number of likely N-dealkylation sites (N-methyl/N-ethyl adjacent to an activating group) is 2. The van der Waals surface area contributed by atoms with E-state index in [0.29, 0.717) is 24.2 Å². The van der Waals surface area contributed by atoms with Crippen LogP contribution in [-0.2, 0) is 23.9 Å². The second kappa shape index (κ2) is 5.82. The van der Waals surface area contributed by atoms with Crippen LogP contribution in [0.15, 0.2) is 22.5 Å². The Bertz CT molecular complexity index is 693. The van der Waals surface area contributed by atoms with E-state index in [9.17, 15) is 14.4 Å². The first-order valence-corrected chi connectivity index (χ1v) is 7.94. The third-order valence-corrected chi connectivity index (χ3v) is 5.13. The van der Waals surface area contributed by atoms with Gasteiger partial charge in [0.1, 0.15) is 6.10 Å². The van der Waals surface area contributed by atoms with E-state index in [1.54, 1.807) is 6.92 Å². The standard InChI is InChI=1S/C17H22N2O5/c1-8-14(21)13-12(15(22)16(8)23-5)10-6-18(3)7-11(19(10)4)17(13)24-9(2)20/h10-11,17H,6-7H2,1-5H3/t10-,11+,17+/m0/s1. The van der Waals surface area contributed by atoms with Gasteiger partial charge in [-0.1, -0.05) is 0 Å². The lowest BCUT2D eigenvalue weighted by Crippen LogP contribution is -2.66. The van der Waals surface area contributed by atoms with Crippen LogP contribution in [0.2, 0.25) is 0 Å². The number of allylic oxidation sites excluding steroid dienone is 2. The zero-order valence-corrected chi connectivity index (χ0v) is 14.6. The molecule has 0 amide bonds. The van der Waals surface area contributed by atoms with Crippen LogP contribution >= 0.6 is 0 Å². The molecule has 0 radical (unpaired) electrons. The molecule has 0 aromatic heterocycles. The van der Waals surface area contributed by atoms with Crippen molar-refractivity contribution in [2.75, 3.05) is 34.3 Å². The van der Waals surface area contributed by atoms with Gasteiger partial charge in [0.25, 0.3) is 0 Å². The number of Topliss-reactive ketones (excluding diaryl/α,β-unsaturated/α-hetero) is 2. The van der Waals surface area contributed by atoms with Gasteiger partial charge in [-0.15, -0.1) is 0 Å². The summed E-state index contributed by atoms with van der Waals surface area (Å²) in [5.74, 6) is -0.931. The number of hydrogen-bond acceptors (Lipinski definition) is 7. The van der Waals surface area contributed by atoms with Crippen LogP contribution in [0.4, 0.5) is 0 Å². The van der Waals surface area contributed by atoms with Crippen molar-refractivity contribution in [2.45, 2.75) is 32.0 Å². The van der Waals surface area contributed by atoms with Crippen LogP contribution in [0.5, 0.6) is 0 Å². The summed E-state index contributed by atoms with van der Waals surface area (Å²) in [6, 6.07) is -0.379. The van der Waals surface area contributed by atoms with Crippen LogP contribution < -0.4 is 0 Å². The number of carbonyl (C=O) groups excluding carboxylic acids is 3. The molecule has 3 atom stereocenters. The normalized spacial score (nSPS) is 31.3. The van der Waals surface area contributed by atoms with Crippen LogP contribution in [0, 0.1) is 0 Å². The van der Waals surface area contributed by atoms with Crippen molar-refractivity contribution in [2.24, 2.45) is 0 Å². The number of carbonyl (C=O) groups is 3. The molecule has 130 valence electrons. The zero-order valence-electron chi connectivity index (χ0n) is 14.6. The molecule has 0 N–H and O–H groups in total. The summed E-state index contributed by atoms with van der Waals surface area (Å²) in [6.45, 7) is 4.18. The van der Waals surface area contributed by atoms with Gasteiger partial charge in [0.15, 0.2) is 11.5 Å². The van der Waals surface area contributed by atoms with E-state index in [-0.39, 0.29) is 35.0 Å². The lowest BCUT2D eigenvalue weighted by atomic mass is 9.75. The first-order chi connectivity index (χ1) is 11.3. The monoisotopic (exact) mass is 334 g/mol. The average Bonchev–Trinajstić information content (AvgIpc) is 2.50. The molecule has 7 nitrogen and oxygen atoms in total. The fraction of sp³-hybridized carbons (Fsp3) is 0.588. The van der Waals surface area contributed by atoms with Crippen molar-refractivity contribution >= 4 is 17.5 Å². The Morgan fingerprint density at radius 2 is 1.79 bits per heavy atom. The van der Waals surface area contributed by atoms with Crippen LogP contribution in [0.25, 0.3) is 0 Å². The lowest BCUT2D eigenvalue weighted by Gasteiger charge is -2.51. The minimum atomic E-state index is -0.744. The molecule has 0 aromatic carbocycles. The van der Waals surface area contributed by atoms with E-state index in [1.807, 2.05) is 19.0 Å². The van der Waals surface area contributed by atoms with Crippen molar-refractivity contribution in [3.05, 3.63) is 22.5 Å². The van der Waals surface area contributed by atoms with E-state index in [4.69, 9.17) is 9.47 Å². The zero-order chi connectivity index (χ0) is 17.8. The van der Waals surface area contributed by atoms with Gasteiger partial charge >= 0.3 is 5.97 Å². The number of nitrogens with zero attached hydrogens (tertiary/aromatic N) is 2. The molecule has 0 saturated carbocycles. The largest absolute Gasteiger partial charge is 0.492 e. The predicted octanol–water partition coefficient (Wildman–Crippen LogP) is -0.0851. The van der Waals surface area contributed by atoms with Crippen molar-refractivity contribution < 1.29 is 23.9 Å². The quantitative estimate of drug-likeness (QED) is 0.516.